The topological polar surface area (TPSA) is 65.7 Å². The molecule has 0 aliphatic carbocycles. The first kappa shape index (κ1) is 21.0. The summed E-state index contributed by atoms with van der Waals surface area (Å²) in [5.41, 5.74) is 1.28. The van der Waals surface area contributed by atoms with Gasteiger partial charge in [-0.15, -0.1) is 0 Å². The summed E-state index contributed by atoms with van der Waals surface area (Å²) in [5.74, 6) is 2.29. The minimum Gasteiger partial charge on any atom is -0.443 e. The molecule has 148 valence electrons. The van der Waals surface area contributed by atoms with Crippen LogP contribution in [0.4, 0.5) is 0 Å². The standard InChI is InChI=1S/C21H33N5O/c1-16(26(6)15-17-10-8-7-9-11-17)12-24-20(22-5)25-14-19-23-13-18(27-19)21(2,3)4/h7-11,13,16H,12,14-15H2,1-6H3,(H2,22,24,25). The molecule has 0 radical (unpaired) electrons. The number of guanidine groups is 1. The van der Waals surface area contributed by atoms with E-state index >= 15 is 0 Å². The van der Waals surface area contributed by atoms with E-state index < -0.39 is 0 Å². The highest BCUT2D eigenvalue weighted by molar-refractivity contribution is 5.79. The van der Waals surface area contributed by atoms with Crippen LogP contribution in [0.25, 0.3) is 0 Å². The van der Waals surface area contributed by atoms with Crippen molar-refractivity contribution in [2.24, 2.45) is 4.99 Å². The molecule has 2 aromatic rings. The molecular formula is C21H33N5O. The quantitative estimate of drug-likeness (QED) is 0.578. The SMILES string of the molecule is CN=C(NCc1ncc(C(C)(C)C)o1)NCC(C)N(C)Cc1ccccc1. The highest BCUT2D eigenvalue weighted by Gasteiger charge is 2.19. The molecule has 1 aromatic carbocycles. The van der Waals surface area contributed by atoms with E-state index in [0.29, 0.717) is 18.5 Å². The average molecular weight is 372 g/mol. The molecule has 0 aliphatic heterocycles. The first-order chi connectivity index (χ1) is 12.8. The van der Waals surface area contributed by atoms with Gasteiger partial charge in [0.2, 0.25) is 5.89 Å². The Hall–Kier alpha value is -2.34. The fourth-order valence-electron chi connectivity index (χ4n) is 2.55. The minimum atomic E-state index is -0.0378. The molecule has 1 aromatic heterocycles. The number of nitrogens with one attached hydrogen (secondary N) is 2. The first-order valence-corrected chi connectivity index (χ1v) is 9.43. The predicted molar refractivity (Wildman–Crippen MR) is 111 cm³/mol. The zero-order valence-corrected chi connectivity index (χ0v) is 17.4. The van der Waals surface area contributed by atoms with Crippen molar-refractivity contribution in [1.29, 1.82) is 0 Å². The van der Waals surface area contributed by atoms with Gasteiger partial charge in [-0.05, 0) is 19.5 Å². The van der Waals surface area contributed by atoms with Crippen LogP contribution in [0, 0.1) is 0 Å². The summed E-state index contributed by atoms with van der Waals surface area (Å²) >= 11 is 0. The van der Waals surface area contributed by atoms with Crippen LogP contribution in [-0.4, -0.2) is 42.5 Å². The lowest BCUT2D eigenvalue weighted by molar-refractivity contribution is 0.249. The van der Waals surface area contributed by atoms with Gasteiger partial charge in [-0.3, -0.25) is 9.89 Å². The van der Waals surface area contributed by atoms with Crippen molar-refractivity contribution >= 4 is 5.96 Å². The maximum absolute atomic E-state index is 5.81. The third kappa shape index (κ3) is 6.71. The van der Waals surface area contributed by atoms with Crippen molar-refractivity contribution in [3.63, 3.8) is 0 Å². The minimum absolute atomic E-state index is 0.0378. The molecule has 2 rings (SSSR count). The number of likely N-dealkylation sites (N-methyl/N-ethyl adjacent to an activating group) is 1. The summed E-state index contributed by atoms with van der Waals surface area (Å²) in [4.78, 5) is 10.9. The summed E-state index contributed by atoms with van der Waals surface area (Å²) in [6.07, 6.45) is 1.80. The lowest BCUT2D eigenvalue weighted by Crippen LogP contribution is -2.44. The Morgan fingerprint density at radius 3 is 2.52 bits per heavy atom. The number of hydrogen-bond acceptors (Lipinski definition) is 4. The van der Waals surface area contributed by atoms with Crippen molar-refractivity contribution in [2.45, 2.75) is 52.2 Å². The van der Waals surface area contributed by atoms with Gasteiger partial charge in [-0.25, -0.2) is 4.98 Å². The van der Waals surface area contributed by atoms with Crippen molar-refractivity contribution in [2.75, 3.05) is 20.6 Å². The third-order valence-electron chi connectivity index (χ3n) is 4.52. The fourth-order valence-corrected chi connectivity index (χ4v) is 2.55. The van der Waals surface area contributed by atoms with Crippen LogP contribution < -0.4 is 10.6 Å². The molecule has 1 heterocycles. The Labute approximate surface area is 163 Å². The molecule has 0 amide bonds. The number of benzene rings is 1. The summed E-state index contributed by atoms with van der Waals surface area (Å²) in [7, 11) is 3.90. The molecule has 1 unspecified atom stereocenters. The maximum atomic E-state index is 5.81. The van der Waals surface area contributed by atoms with Gasteiger partial charge in [0, 0.05) is 31.6 Å². The molecule has 0 aliphatic rings. The Kier molecular flexibility index (Phi) is 7.42. The molecule has 0 saturated heterocycles. The zero-order valence-electron chi connectivity index (χ0n) is 17.4. The molecule has 0 saturated carbocycles. The van der Waals surface area contributed by atoms with E-state index in [1.807, 2.05) is 6.07 Å². The van der Waals surface area contributed by atoms with E-state index in [2.05, 4.69) is 84.5 Å². The second-order valence-electron chi connectivity index (χ2n) is 7.92. The van der Waals surface area contributed by atoms with Gasteiger partial charge in [0.15, 0.2) is 5.96 Å². The van der Waals surface area contributed by atoms with E-state index in [4.69, 9.17) is 4.42 Å². The average Bonchev–Trinajstić information content (AvgIpc) is 3.12. The molecule has 1 atom stereocenters. The normalized spacial score (nSPS) is 13.7. The number of nitrogens with zero attached hydrogens (tertiary/aromatic N) is 3. The molecule has 6 nitrogen and oxygen atoms in total. The van der Waals surface area contributed by atoms with E-state index in [1.165, 1.54) is 5.56 Å². The number of rotatable bonds is 7. The van der Waals surface area contributed by atoms with Gasteiger partial charge in [-0.1, -0.05) is 51.1 Å². The monoisotopic (exact) mass is 371 g/mol. The molecule has 6 heteroatoms. The number of aliphatic imine (C=N–C) groups is 1. The summed E-state index contributed by atoms with van der Waals surface area (Å²) in [6.45, 7) is 10.7. The third-order valence-corrected chi connectivity index (χ3v) is 4.52. The van der Waals surface area contributed by atoms with Crippen LogP contribution in [0.3, 0.4) is 0 Å². The summed E-state index contributed by atoms with van der Waals surface area (Å²) < 4.78 is 5.81. The predicted octanol–water partition coefficient (Wildman–Crippen LogP) is 3.16. The fraction of sp³-hybridized carbons (Fsp3) is 0.524. The first-order valence-electron chi connectivity index (χ1n) is 9.43. The second-order valence-corrected chi connectivity index (χ2v) is 7.92. The lowest BCUT2D eigenvalue weighted by atomic mass is 9.94. The van der Waals surface area contributed by atoms with Gasteiger partial charge < -0.3 is 15.1 Å². The van der Waals surface area contributed by atoms with Crippen LogP contribution in [0.5, 0.6) is 0 Å². The number of oxazole rings is 1. The van der Waals surface area contributed by atoms with E-state index in [1.54, 1.807) is 13.2 Å². The zero-order chi connectivity index (χ0) is 19.9. The van der Waals surface area contributed by atoms with Crippen LogP contribution in [0.1, 0.15) is 44.9 Å². The van der Waals surface area contributed by atoms with Crippen molar-refractivity contribution < 1.29 is 4.42 Å². The van der Waals surface area contributed by atoms with Crippen molar-refractivity contribution in [1.82, 2.24) is 20.5 Å². The Bertz CT molecular complexity index is 718. The largest absolute Gasteiger partial charge is 0.443 e. The molecule has 2 N–H and O–H groups in total. The molecule has 0 spiro atoms. The highest BCUT2D eigenvalue weighted by Crippen LogP contribution is 2.22. The Morgan fingerprint density at radius 1 is 1.22 bits per heavy atom. The summed E-state index contributed by atoms with van der Waals surface area (Å²) in [5, 5.41) is 6.63. The maximum Gasteiger partial charge on any atom is 0.213 e. The molecular weight excluding hydrogens is 338 g/mol. The van der Waals surface area contributed by atoms with Crippen LogP contribution in [0.15, 0.2) is 45.9 Å². The van der Waals surface area contributed by atoms with Gasteiger partial charge in [0.05, 0.1) is 12.7 Å². The number of aromatic nitrogens is 1. The molecule has 0 bridgehead atoms. The van der Waals surface area contributed by atoms with Gasteiger partial charge in [0.1, 0.15) is 5.76 Å². The Morgan fingerprint density at radius 2 is 1.93 bits per heavy atom. The second kappa shape index (κ2) is 9.55. The van der Waals surface area contributed by atoms with Crippen LogP contribution in [-0.2, 0) is 18.5 Å². The van der Waals surface area contributed by atoms with E-state index in [-0.39, 0.29) is 5.41 Å². The van der Waals surface area contributed by atoms with Gasteiger partial charge in [0.25, 0.3) is 0 Å². The van der Waals surface area contributed by atoms with Crippen LogP contribution in [0.2, 0.25) is 0 Å². The highest BCUT2D eigenvalue weighted by atomic mass is 16.4. The van der Waals surface area contributed by atoms with E-state index in [0.717, 1.165) is 24.8 Å². The summed E-state index contributed by atoms with van der Waals surface area (Å²) in [6, 6.07) is 10.9. The van der Waals surface area contributed by atoms with E-state index in [9.17, 15) is 0 Å². The smallest absolute Gasteiger partial charge is 0.213 e. The molecule has 27 heavy (non-hydrogen) atoms. The Balaban J connectivity index is 1.78. The van der Waals surface area contributed by atoms with Crippen molar-refractivity contribution in [3.8, 4) is 0 Å². The lowest BCUT2D eigenvalue weighted by Gasteiger charge is -2.25. The van der Waals surface area contributed by atoms with Gasteiger partial charge >= 0.3 is 0 Å². The van der Waals surface area contributed by atoms with Crippen LogP contribution >= 0.6 is 0 Å². The van der Waals surface area contributed by atoms with Gasteiger partial charge in [-0.2, -0.15) is 0 Å². The number of hydrogen-bond donors (Lipinski definition) is 2. The molecule has 0 fully saturated rings. The van der Waals surface area contributed by atoms with Crippen molar-refractivity contribution in [3.05, 3.63) is 53.7 Å².